The minimum Gasteiger partial charge on any atom is -0.495 e. The fraction of sp³-hybridized carbons (Fsp3) is 0.571. The van der Waals surface area contributed by atoms with Crippen LogP contribution in [0.4, 0.5) is 0 Å². The maximum absolute atomic E-state index is 12.9. The monoisotopic (exact) mass is 398 g/mol. The molecule has 0 saturated carbocycles. The van der Waals surface area contributed by atoms with E-state index >= 15 is 0 Å². The lowest BCUT2D eigenvalue weighted by atomic mass is 10.1. The highest BCUT2D eigenvalue weighted by Crippen LogP contribution is 2.30. The number of sulfonamides is 1. The molecule has 2 rings (SSSR count). The number of sulfone groups is 1. The quantitative estimate of drug-likeness (QED) is 0.791. The van der Waals surface area contributed by atoms with Crippen molar-refractivity contribution in [3.05, 3.63) is 18.2 Å². The van der Waals surface area contributed by atoms with E-state index in [2.05, 4.69) is 5.32 Å². The Bertz CT molecular complexity index is 772. The van der Waals surface area contributed by atoms with E-state index in [9.17, 15) is 16.8 Å². The molecule has 1 aromatic rings. The van der Waals surface area contributed by atoms with Gasteiger partial charge in [0.2, 0.25) is 10.0 Å². The van der Waals surface area contributed by atoms with Gasteiger partial charge >= 0.3 is 0 Å². The van der Waals surface area contributed by atoms with E-state index in [0.29, 0.717) is 32.0 Å². The third kappa shape index (κ3) is 4.40. The molecule has 0 unspecified atom stereocenters. The van der Waals surface area contributed by atoms with Gasteiger partial charge in [-0.05, 0) is 38.1 Å². The summed E-state index contributed by atoms with van der Waals surface area (Å²) in [6, 6.07) is 4.20. The maximum Gasteiger partial charge on any atom is 0.246 e. The van der Waals surface area contributed by atoms with Crippen molar-refractivity contribution in [2.24, 2.45) is 0 Å². The van der Waals surface area contributed by atoms with Crippen LogP contribution in [0.15, 0.2) is 28.0 Å². The molecule has 138 valence electrons. The summed E-state index contributed by atoms with van der Waals surface area (Å²) in [6.07, 6.45) is 2.47. The van der Waals surface area contributed by atoms with Crippen LogP contribution in [0.25, 0.3) is 0 Å². The van der Waals surface area contributed by atoms with Crippen molar-refractivity contribution in [2.45, 2.75) is 28.7 Å². The number of rotatable bonds is 5. The van der Waals surface area contributed by atoms with Crippen LogP contribution in [-0.4, -0.2) is 60.7 Å². The van der Waals surface area contributed by atoms with Gasteiger partial charge in [-0.15, -0.1) is 12.4 Å². The van der Waals surface area contributed by atoms with Crippen molar-refractivity contribution in [3.63, 3.8) is 0 Å². The van der Waals surface area contributed by atoms with Crippen molar-refractivity contribution < 1.29 is 21.6 Å². The van der Waals surface area contributed by atoms with Gasteiger partial charge in [0.1, 0.15) is 10.6 Å². The molecule has 10 heteroatoms. The number of piperidine rings is 1. The summed E-state index contributed by atoms with van der Waals surface area (Å²) in [5, 5.41) is 3.14. The summed E-state index contributed by atoms with van der Waals surface area (Å²) in [7, 11) is -4.09. The molecular formula is C14H23ClN2O5S2. The van der Waals surface area contributed by atoms with Crippen molar-refractivity contribution in [2.75, 3.05) is 33.5 Å². The predicted molar refractivity (Wildman–Crippen MR) is 94.2 cm³/mol. The molecule has 0 amide bonds. The SMILES string of the molecule is CNC1CCN(S(=O)(=O)c2cc(S(C)(=O)=O)ccc2OC)CC1.Cl. The van der Waals surface area contributed by atoms with Crippen LogP contribution in [0.5, 0.6) is 5.75 Å². The Hall–Kier alpha value is -0.870. The van der Waals surface area contributed by atoms with E-state index in [1.807, 2.05) is 7.05 Å². The van der Waals surface area contributed by atoms with Gasteiger partial charge in [0.25, 0.3) is 0 Å². The summed E-state index contributed by atoms with van der Waals surface area (Å²) >= 11 is 0. The molecule has 1 aromatic carbocycles. The van der Waals surface area contributed by atoms with Crippen molar-refractivity contribution in [1.82, 2.24) is 9.62 Å². The fourth-order valence-corrected chi connectivity index (χ4v) is 4.99. The minimum atomic E-state index is -3.80. The van der Waals surface area contributed by atoms with Crippen LogP contribution in [0, 0.1) is 0 Å². The highest BCUT2D eigenvalue weighted by molar-refractivity contribution is 7.91. The van der Waals surface area contributed by atoms with Gasteiger partial charge in [0.05, 0.1) is 12.0 Å². The Morgan fingerprint density at radius 3 is 2.21 bits per heavy atom. The molecule has 1 N–H and O–H groups in total. The van der Waals surface area contributed by atoms with Crippen molar-refractivity contribution in [3.8, 4) is 5.75 Å². The lowest BCUT2D eigenvalue weighted by Crippen LogP contribution is -2.43. The van der Waals surface area contributed by atoms with Crippen molar-refractivity contribution in [1.29, 1.82) is 0 Å². The standard InChI is InChI=1S/C14H22N2O5S2.ClH/c1-15-11-6-8-16(9-7-11)23(19,20)14-10-12(22(3,17)18)4-5-13(14)21-2;/h4-5,10-11,15H,6-9H2,1-3H3;1H. The topological polar surface area (TPSA) is 92.8 Å². The fourth-order valence-electron chi connectivity index (χ4n) is 2.61. The Kier molecular flexibility index (Phi) is 7.06. The number of halogens is 1. The van der Waals surface area contributed by atoms with Gasteiger partial charge in [-0.3, -0.25) is 0 Å². The van der Waals surface area contributed by atoms with Gasteiger partial charge in [0, 0.05) is 25.4 Å². The maximum atomic E-state index is 12.9. The Labute approximate surface area is 149 Å². The number of hydrogen-bond donors (Lipinski definition) is 1. The number of benzene rings is 1. The predicted octanol–water partition coefficient (Wildman–Crippen LogP) is 0.893. The largest absolute Gasteiger partial charge is 0.495 e. The van der Waals surface area contributed by atoms with Gasteiger partial charge < -0.3 is 10.1 Å². The molecule has 7 nitrogen and oxygen atoms in total. The zero-order valence-corrected chi connectivity index (χ0v) is 16.3. The van der Waals surface area contributed by atoms with Gasteiger partial charge in [-0.2, -0.15) is 4.31 Å². The average molecular weight is 399 g/mol. The van der Waals surface area contributed by atoms with Crippen LogP contribution in [0.3, 0.4) is 0 Å². The second kappa shape index (κ2) is 8.01. The normalized spacial score (nSPS) is 17.3. The molecule has 1 aliphatic rings. The molecule has 1 heterocycles. The van der Waals surface area contributed by atoms with Crippen LogP contribution in [0.2, 0.25) is 0 Å². The van der Waals surface area contributed by atoms with Crippen molar-refractivity contribution >= 4 is 32.3 Å². The third-order valence-electron chi connectivity index (χ3n) is 4.04. The molecule has 0 aromatic heterocycles. The molecule has 1 aliphatic heterocycles. The second-order valence-corrected chi connectivity index (χ2v) is 9.47. The summed E-state index contributed by atoms with van der Waals surface area (Å²) in [6.45, 7) is 0.778. The van der Waals surface area contributed by atoms with Crippen LogP contribution >= 0.6 is 12.4 Å². The van der Waals surface area contributed by atoms with E-state index in [0.717, 1.165) is 6.26 Å². The molecule has 1 saturated heterocycles. The third-order valence-corrected chi connectivity index (χ3v) is 7.07. The second-order valence-electron chi connectivity index (χ2n) is 5.55. The Morgan fingerprint density at radius 1 is 1.17 bits per heavy atom. The zero-order chi connectivity index (χ0) is 17.3. The molecule has 0 atom stereocenters. The van der Waals surface area contributed by atoms with E-state index < -0.39 is 19.9 Å². The lowest BCUT2D eigenvalue weighted by molar-refractivity contribution is 0.297. The number of nitrogens with one attached hydrogen (secondary N) is 1. The summed E-state index contributed by atoms with van der Waals surface area (Å²) in [5.74, 6) is 0.146. The molecule has 24 heavy (non-hydrogen) atoms. The van der Waals surface area contributed by atoms with E-state index in [4.69, 9.17) is 4.74 Å². The summed E-state index contributed by atoms with van der Waals surface area (Å²) < 4.78 is 55.7. The Morgan fingerprint density at radius 2 is 1.75 bits per heavy atom. The first-order valence-corrected chi connectivity index (χ1v) is 10.6. The van der Waals surface area contributed by atoms with E-state index in [-0.39, 0.29) is 27.9 Å². The van der Waals surface area contributed by atoms with Gasteiger partial charge in [-0.1, -0.05) is 0 Å². The number of ether oxygens (including phenoxy) is 1. The first kappa shape index (κ1) is 21.2. The van der Waals surface area contributed by atoms with Gasteiger partial charge in [-0.25, -0.2) is 16.8 Å². The summed E-state index contributed by atoms with van der Waals surface area (Å²) in [5.41, 5.74) is 0. The highest BCUT2D eigenvalue weighted by atomic mass is 35.5. The lowest BCUT2D eigenvalue weighted by Gasteiger charge is -2.31. The average Bonchev–Trinajstić information content (AvgIpc) is 2.53. The molecule has 0 spiro atoms. The van der Waals surface area contributed by atoms with Crippen LogP contribution < -0.4 is 10.1 Å². The highest BCUT2D eigenvalue weighted by Gasteiger charge is 2.32. The molecule has 0 bridgehead atoms. The summed E-state index contributed by atoms with van der Waals surface area (Å²) in [4.78, 5) is -0.146. The number of nitrogens with zero attached hydrogens (tertiary/aromatic N) is 1. The molecule has 1 fully saturated rings. The number of hydrogen-bond acceptors (Lipinski definition) is 6. The molecule has 0 aliphatic carbocycles. The van der Waals surface area contributed by atoms with Gasteiger partial charge in [0.15, 0.2) is 9.84 Å². The molecule has 0 radical (unpaired) electrons. The Balaban J connectivity index is 0.00000288. The minimum absolute atomic E-state index is 0. The zero-order valence-electron chi connectivity index (χ0n) is 13.9. The van der Waals surface area contributed by atoms with E-state index in [1.54, 1.807) is 0 Å². The first-order chi connectivity index (χ1) is 10.7. The molecular weight excluding hydrogens is 376 g/mol. The first-order valence-electron chi connectivity index (χ1n) is 7.25. The van der Waals surface area contributed by atoms with E-state index in [1.165, 1.54) is 29.6 Å². The van der Waals surface area contributed by atoms with Crippen LogP contribution in [0.1, 0.15) is 12.8 Å². The van der Waals surface area contributed by atoms with Crippen LogP contribution in [-0.2, 0) is 19.9 Å². The smallest absolute Gasteiger partial charge is 0.246 e. The number of methoxy groups -OCH3 is 1.